The maximum Gasteiger partial charge on any atom is 0.126 e. The van der Waals surface area contributed by atoms with Crippen LogP contribution in [0, 0.1) is 5.82 Å². The third-order valence-electron chi connectivity index (χ3n) is 2.49. The molecule has 1 atom stereocenters. The largest absolute Gasteiger partial charge is 0.486 e. The van der Waals surface area contributed by atoms with Gasteiger partial charge in [-0.25, -0.2) is 4.39 Å². The summed E-state index contributed by atoms with van der Waals surface area (Å²) in [4.78, 5) is 0. The van der Waals surface area contributed by atoms with Crippen molar-refractivity contribution in [2.45, 2.75) is 18.9 Å². The van der Waals surface area contributed by atoms with E-state index in [2.05, 4.69) is 5.32 Å². The van der Waals surface area contributed by atoms with Gasteiger partial charge >= 0.3 is 0 Å². The van der Waals surface area contributed by atoms with Gasteiger partial charge in [0.25, 0.3) is 0 Å². The number of nitrogens with one attached hydrogen (secondary N) is 1. The summed E-state index contributed by atoms with van der Waals surface area (Å²) >= 11 is 0. The lowest BCUT2D eigenvalue weighted by atomic mass is 10.1. The molecule has 14 heavy (non-hydrogen) atoms. The Kier molecular flexibility index (Phi) is 2.42. The number of hydrogen-bond acceptors (Lipinski definition) is 2. The molecule has 1 saturated heterocycles. The van der Waals surface area contributed by atoms with Gasteiger partial charge < -0.3 is 10.1 Å². The Morgan fingerprint density at radius 2 is 2.36 bits per heavy atom. The van der Waals surface area contributed by atoms with Crippen molar-refractivity contribution in [3.8, 4) is 5.75 Å². The van der Waals surface area contributed by atoms with Gasteiger partial charge in [0.15, 0.2) is 0 Å². The summed E-state index contributed by atoms with van der Waals surface area (Å²) < 4.78 is 18.6. The monoisotopic (exact) mass is 195 g/mol. The van der Waals surface area contributed by atoms with Crippen molar-refractivity contribution >= 4 is 0 Å². The van der Waals surface area contributed by atoms with Crippen LogP contribution in [0.5, 0.6) is 5.75 Å². The summed E-state index contributed by atoms with van der Waals surface area (Å²) in [6, 6.07) is 6.29. The van der Waals surface area contributed by atoms with Gasteiger partial charge in [-0.3, -0.25) is 0 Å². The van der Waals surface area contributed by atoms with E-state index < -0.39 is 0 Å². The molecular formula is C11H14FNO. The predicted octanol–water partition coefficient (Wildman–Crippen LogP) is 1.96. The fourth-order valence-electron chi connectivity index (χ4n) is 1.70. The Balaban J connectivity index is 2.10. The minimum Gasteiger partial charge on any atom is -0.486 e. The molecule has 1 aromatic carbocycles. The zero-order chi connectivity index (χ0) is 10.0. The molecule has 0 amide bonds. The summed E-state index contributed by atoms with van der Waals surface area (Å²) in [6.07, 6.45) is 0.962. The summed E-state index contributed by atoms with van der Waals surface area (Å²) in [5.74, 6) is 0.355. The zero-order valence-corrected chi connectivity index (χ0v) is 8.22. The van der Waals surface area contributed by atoms with E-state index in [1.54, 1.807) is 12.1 Å². The van der Waals surface area contributed by atoms with Gasteiger partial charge in [0.05, 0.1) is 0 Å². The van der Waals surface area contributed by atoms with E-state index in [-0.39, 0.29) is 11.4 Å². The van der Waals surface area contributed by atoms with Gasteiger partial charge in [0.1, 0.15) is 17.2 Å². The van der Waals surface area contributed by atoms with Gasteiger partial charge in [-0.1, -0.05) is 6.07 Å². The Labute approximate surface area is 83.1 Å². The Morgan fingerprint density at radius 1 is 1.50 bits per heavy atom. The van der Waals surface area contributed by atoms with E-state index >= 15 is 0 Å². The van der Waals surface area contributed by atoms with Crippen molar-refractivity contribution in [2.75, 3.05) is 13.1 Å². The van der Waals surface area contributed by atoms with Crippen LogP contribution in [-0.4, -0.2) is 18.7 Å². The van der Waals surface area contributed by atoms with E-state index in [1.807, 2.05) is 6.92 Å². The number of hydrogen-bond donors (Lipinski definition) is 1. The SMILES string of the molecule is CC1(Oc2cccc(F)c2)CCNC1. The van der Waals surface area contributed by atoms with Crippen LogP contribution >= 0.6 is 0 Å². The highest BCUT2D eigenvalue weighted by molar-refractivity contribution is 5.23. The fourth-order valence-corrected chi connectivity index (χ4v) is 1.70. The summed E-state index contributed by atoms with van der Waals surface area (Å²) in [7, 11) is 0. The first-order valence-corrected chi connectivity index (χ1v) is 4.83. The van der Waals surface area contributed by atoms with Gasteiger partial charge in [0, 0.05) is 19.0 Å². The van der Waals surface area contributed by atoms with Gasteiger partial charge in [0.2, 0.25) is 0 Å². The van der Waals surface area contributed by atoms with Crippen LogP contribution in [0.1, 0.15) is 13.3 Å². The van der Waals surface area contributed by atoms with E-state index in [9.17, 15) is 4.39 Å². The molecule has 0 bridgehead atoms. The quantitative estimate of drug-likeness (QED) is 0.778. The smallest absolute Gasteiger partial charge is 0.126 e. The van der Waals surface area contributed by atoms with Crippen molar-refractivity contribution < 1.29 is 9.13 Å². The molecule has 0 saturated carbocycles. The molecule has 76 valence electrons. The van der Waals surface area contributed by atoms with Gasteiger partial charge in [-0.2, -0.15) is 0 Å². The van der Waals surface area contributed by atoms with Crippen molar-refractivity contribution in [1.29, 1.82) is 0 Å². The normalized spacial score (nSPS) is 26.4. The van der Waals surface area contributed by atoms with E-state index in [0.717, 1.165) is 19.5 Å². The molecule has 3 heteroatoms. The van der Waals surface area contributed by atoms with Crippen LogP contribution in [0.15, 0.2) is 24.3 Å². The summed E-state index contributed by atoms with van der Waals surface area (Å²) in [5, 5.41) is 3.23. The molecule has 2 rings (SSSR count). The third-order valence-corrected chi connectivity index (χ3v) is 2.49. The second-order valence-corrected chi connectivity index (χ2v) is 3.94. The predicted molar refractivity (Wildman–Crippen MR) is 52.9 cm³/mol. The average molecular weight is 195 g/mol. The molecule has 1 unspecified atom stereocenters. The van der Waals surface area contributed by atoms with E-state index in [1.165, 1.54) is 12.1 Å². The molecule has 0 aromatic heterocycles. The topological polar surface area (TPSA) is 21.3 Å². The van der Waals surface area contributed by atoms with Crippen molar-refractivity contribution in [2.24, 2.45) is 0 Å². The first-order valence-electron chi connectivity index (χ1n) is 4.83. The Hall–Kier alpha value is -1.09. The fraction of sp³-hybridized carbons (Fsp3) is 0.455. The van der Waals surface area contributed by atoms with Crippen LogP contribution in [0.3, 0.4) is 0 Å². The molecule has 1 aliphatic rings. The first kappa shape index (κ1) is 9.46. The molecule has 1 aromatic rings. The first-order chi connectivity index (χ1) is 6.68. The molecule has 1 heterocycles. The highest BCUT2D eigenvalue weighted by Crippen LogP contribution is 2.23. The van der Waals surface area contributed by atoms with Gasteiger partial charge in [-0.05, 0) is 25.6 Å². The Morgan fingerprint density at radius 3 is 3.00 bits per heavy atom. The molecule has 0 aliphatic carbocycles. The zero-order valence-electron chi connectivity index (χ0n) is 8.22. The maximum atomic E-state index is 12.9. The minimum absolute atomic E-state index is 0.187. The summed E-state index contributed by atoms with van der Waals surface area (Å²) in [6.45, 7) is 3.83. The highest BCUT2D eigenvalue weighted by Gasteiger charge is 2.30. The van der Waals surface area contributed by atoms with E-state index in [4.69, 9.17) is 4.74 Å². The standard InChI is InChI=1S/C11H14FNO/c1-11(5-6-13-8-11)14-10-4-2-3-9(12)7-10/h2-4,7,13H,5-6,8H2,1H3. The molecular weight excluding hydrogens is 181 g/mol. The molecule has 0 spiro atoms. The molecule has 1 fully saturated rings. The van der Waals surface area contributed by atoms with E-state index in [0.29, 0.717) is 5.75 Å². The lowest BCUT2D eigenvalue weighted by molar-refractivity contribution is 0.110. The number of ether oxygens (including phenoxy) is 1. The van der Waals surface area contributed by atoms with Crippen molar-refractivity contribution in [3.05, 3.63) is 30.1 Å². The van der Waals surface area contributed by atoms with Crippen LogP contribution in [-0.2, 0) is 0 Å². The molecule has 1 aliphatic heterocycles. The number of halogens is 1. The number of rotatable bonds is 2. The van der Waals surface area contributed by atoms with Crippen LogP contribution in [0.4, 0.5) is 4.39 Å². The van der Waals surface area contributed by atoms with Crippen molar-refractivity contribution in [1.82, 2.24) is 5.32 Å². The molecule has 1 N–H and O–H groups in total. The Bertz CT molecular complexity index is 321. The van der Waals surface area contributed by atoms with Crippen LogP contribution in [0.2, 0.25) is 0 Å². The second-order valence-electron chi connectivity index (χ2n) is 3.94. The van der Waals surface area contributed by atoms with Crippen LogP contribution < -0.4 is 10.1 Å². The summed E-state index contributed by atoms with van der Waals surface area (Å²) in [5.41, 5.74) is -0.187. The lowest BCUT2D eigenvalue weighted by Gasteiger charge is -2.24. The minimum atomic E-state index is -0.253. The molecule has 0 radical (unpaired) electrons. The van der Waals surface area contributed by atoms with Crippen LogP contribution in [0.25, 0.3) is 0 Å². The van der Waals surface area contributed by atoms with Gasteiger partial charge in [-0.15, -0.1) is 0 Å². The highest BCUT2D eigenvalue weighted by atomic mass is 19.1. The van der Waals surface area contributed by atoms with Crippen molar-refractivity contribution in [3.63, 3.8) is 0 Å². The average Bonchev–Trinajstić information content (AvgIpc) is 2.51. The second kappa shape index (κ2) is 3.58. The lowest BCUT2D eigenvalue weighted by Crippen LogP contribution is -2.34. The maximum absolute atomic E-state index is 12.9. The number of benzene rings is 1. The molecule has 2 nitrogen and oxygen atoms in total. The third kappa shape index (κ3) is 2.04.